The van der Waals surface area contributed by atoms with Crippen molar-refractivity contribution in [2.75, 3.05) is 5.32 Å². The number of hydrogen-bond donors (Lipinski definition) is 2. The molecule has 0 saturated heterocycles. The number of carboxylic acid groups (broad SMARTS) is 1. The van der Waals surface area contributed by atoms with Crippen LogP contribution in [0.3, 0.4) is 0 Å². The third kappa shape index (κ3) is 10.7. The lowest BCUT2D eigenvalue weighted by Gasteiger charge is -2.05. The molecule has 4 nitrogen and oxygen atoms in total. The second kappa shape index (κ2) is 14.1. The molecule has 0 bridgehead atoms. The maximum absolute atomic E-state index is 11.9. The fourth-order valence-electron chi connectivity index (χ4n) is 2.75. The van der Waals surface area contributed by atoms with Crippen molar-refractivity contribution >= 4 is 17.6 Å². The number of carboxylic acids is 1. The molecule has 0 heterocycles. The number of carbonyl (C=O) groups excluding carboxylic acids is 1. The molecule has 0 atom stereocenters. The number of allylic oxidation sites excluding steroid dienone is 2. The highest BCUT2D eigenvalue weighted by Crippen LogP contribution is 2.12. The molecular formula is C22H33NO3. The molecule has 1 aromatic rings. The van der Waals surface area contributed by atoms with Gasteiger partial charge in [-0.1, -0.05) is 51.2 Å². The summed E-state index contributed by atoms with van der Waals surface area (Å²) >= 11 is 0. The number of benzene rings is 1. The van der Waals surface area contributed by atoms with Crippen molar-refractivity contribution in [2.45, 2.75) is 77.6 Å². The Hall–Kier alpha value is -2.10. The standard InChI is InChI=1S/C22H33NO3/c1-2-3-4-5-6-7-8-9-10-11-12-13-14-21(24)23-20-17-15-19(16-18-20)22(25)26/h6-7,15-18H,2-5,8-14H2,1H3,(H,23,24)(H,25,26)/b7-6-. The van der Waals surface area contributed by atoms with Crippen molar-refractivity contribution < 1.29 is 14.7 Å². The van der Waals surface area contributed by atoms with E-state index < -0.39 is 5.97 Å². The number of carbonyl (C=O) groups is 2. The lowest BCUT2D eigenvalue weighted by atomic mass is 10.1. The molecule has 0 spiro atoms. The Balaban J connectivity index is 2.00. The van der Waals surface area contributed by atoms with E-state index in [1.807, 2.05) is 0 Å². The van der Waals surface area contributed by atoms with E-state index in [1.165, 1.54) is 63.5 Å². The average Bonchev–Trinajstić information content (AvgIpc) is 2.63. The molecule has 1 amide bonds. The van der Waals surface area contributed by atoms with Crippen LogP contribution in [0, 0.1) is 0 Å². The van der Waals surface area contributed by atoms with Crippen LogP contribution in [0.2, 0.25) is 0 Å². The van der Waals surface area contributed by atoms with Gasteiger partial charge in [-0.3, -0.25) is 4.79 Å². The van der Waals surface area contributed by atoms with Gasteiger partial charge < -0.3 is 10.4 Å². The minimum Gasteiger partial charge on any atom is -0.478 e. The summed E-state index contributed by atoms with van der Waals surface area (Å²) in [5.74, 6) is -0.974. The highest BCUT2D eigenvalue weighted by molar-refractivity contribution is 5.92. The average molecular weight is 360 g/mol. The van der Waals surface area contributed by atoms with Gasteiger partial charge in [0.1, 0.15) is 0 Å². The summed E-state index contributed by atoms with van der Waals surface area (Å²) in [6.45, 7) is 2.23. The molecule has 0 aromatic heterocycles. The van der Waals surface area contributed by atoms with Crippen molar-refractivity contribution in [3.05, 3.63) is 42.0 Å². The van der Waals surface area contributed by atoms with Gasteiger partial charge in [-0.2, -0.15) is 0 Å². The Bertz CT molecular complexity index is 549. The molecular weight excluding hydrogens is 326 g/mol. The zero-order valence-electron chi connectivity index (χ0n) is 16.0. The van der Waals surface area contributed by atoms with E-state index in [9.17, 15) is 9.59 Å². The Kier molecular flexibility index (Phi) is 11.9. The molecule has 0 aliphatic rings. The van der Waals surface area contributed by atoms with E-state index in [2.05, 4.69) is 24.4 Å². The molecule has 0 saturated carbocycles. The van der Waals surface area contributed by atoms with Crippen LogP contribution in [0.5, 0.6) is 0 Å². The molecule has 4 heteroatoms. The topological polar surface area (TPSA) is 66.4 Å². The first-order chi connectivity index (χ1) is 12.6. The van der Waals surface area contributed by atoms with Crippen molar-refractivity contribution in [3.8, 4) is 0 Å². The minimum absolute atomic E-state index is 0.0110. The van der Waals surface area contributed by atoms with Crippen LogP contribution in [0.15, 0.2) is 36.4 Å². The van der Waals surface area contributed by atoms with Crippen molar-refractivity contribution in [1.29, 1.82) is 0 Å². The molecule has 0 unspecified atom stereocenters. The molecule has 144 valence electrons. The van der Waals surface area contributed by atoms with Crippen LogP contribution < -0.4 is 5.32 Å². The van der Waals surface area contributed by atoms with Gasteiger partial charge in [-0.05, 0) is 56.4 Å². The number of nitrogens with one attached hydrogen (secondary N) is 1. The maximum atomic E-state index is 11.9. The summed E-state index contributed by atoms with van der Waals surface area (Å²) < 4.78 is 0. The normalized spacial score (nSPS) is 11.0. The zero-order chi connectivity index (χ0) is 19.0. The van der Waals surface area contributed by atoms with E-state index in [0.717, 1.165) is 12.8 Å². The quantitative estimate of drug-likeness (QED) is 0.307. The van der Waals surface area contributed by atoms with Gasteiger partial charge >= 0.3 is 5.97 Å². The fraction of sp³-hybridized carbons (Fsp3) is 0.545. The second-order valence-corrected chi connectivity index (χ2v) is 6.70. The molecule has 0 radical (unpaired) electrons. The molecule has 0 fully saturated rings. The van der Waals surface area contributed by atoms with Crippen LogP contribution >= 0.6 is 0 Å². The second-order valence-electron chi connectivity index (χ2n) is 6.70. The molecule has 0 aliphatic heterocycles. The Morgan fingerprint density at radius 2 is 1.46 bits per heavy atom. The number of hydrogen-bond acceptors (Lipinski definition) is 2. The first-order valence-electron chi connectivity index (χ1n) is 9.91. The maximum Gasteiger partial charge on any atom is 0.335 e. The monoisotopic (exact) mass is 359 g/mol. The van der Waals surface area contributed by atoms with E-state index >= 15 is 0 Å². The number of unbranched alkanes of at least 4 members (excludes halogenated alkanes) is 8. The molecule has 26 heavy (non-hydrogen) atoms. The van der Waals surface area contributed by atoms with Gasteiger partial charge in [0, 0.05) is 12.1 Å². The highest BCUT2D eigenvalue weighted by Gasteiger charge is 2.04. The minimum atomic E-state index is -0.963. The predicted octanol–water partition coefficient (Wildman–Crippen LogP) is 6.19. The lowest BCUT2D eigenvalue weighted by molar-refractivity contribution is -0.116. The van der Waals surface area contributed by atoms with Gasteiger partial charge in [-0.15, -0.1) is 0 Å². The Morgan fingerprint density at radius 1 is 0.885 bits per heavy atom. The number of rotatable bonds is 14. The number of amides is 1. The van der Waals surface area contributed by atoms with Crippen molar-refractivity contribution in [2.24, 2.45) is 0 Å². The third-order valence-corrected chi connectivity index (χ3v) is 4.33. The summed E-state index contributed by atoms with van der Waals surface area (Å²) in [5, 5.41) is 11.7. The predicted molar refractivity (Wildman–Crippen MR) is 108 cm³/mol. The van der Waals surface area contributed by atoms with Crippen LogP contribution in [0.25, 0.3) is 0 Å². The van der Waals surface area contributed by atoms with Crippen molar-refractivity contribution in [3.63, 3.8) is 0 Å². The van der Waals surface area contributed by atoms with Crippen LogP contribution in [0.1, 0.15) is 87.9 Å². The van der Waals surface area contributed by atoms with Crippen molar-refractivity contribution in [1.82, 2.24) is 0 Å². The van der Waals surface area contributed by atoms with Crippen LogP contribution in [-0.4, -0.2) is 17.0 Å². The number of anilines is 1. The lowest BCUT2D eigenvalue weighted by Crippen LogP contribution is -2.11. The van der Waals surface area contributed by atoms with E-state index in [4.69, 9.17) is 5.11 Å². The highest BCUT2D eigenvalue weighted by atomic mass is 16.4. The largest absolute Gasteiger partial charge is 0.478 e. The van der Waals surface area contributed by atoms with E-state index in [-0.39, 0.29) is 11.5 Å². The summed E-state index contributed by atoms with van der Waals surface area (Å²) in [5.41, 5.74) is 0.865. The van der Waals surface area contributed by atoms with Crippen LogP contribution in [0.4, 0.5) is 5.69 Å². The molecule has 1 rings (SSSR count). The van der Waals surface area contributed by atoms with E-state index in [1.54, 1.807) is 12.1 Å². The van der Waals surface area contributed by atoms with Gasteiger partial charge in [0.2, 0.25) is 5.91 Å². The Morgan fingerprint density at radius 3 is 2.08 bits per heavy atom. The molecule has 0 aliphatic carbocycles. The zero-order valence-corrected chi connectivity index (χ0v) is 16.0. The molecule has 1 aromatic carbocycles. The molecule has 2 N–H and O–H groups in total. The summed E-state index contributed by atoms with van der Waals surface area (Å²) in [4.78, 5) is 22.7. The number of aromatic carboxylic acids is 1. The smallest absolute Gasteiger partial charge is 0.335 e. The summed E-state index contributed by atoms with van der Waals surface area (Å²) in [6.07, 6.45) is 17.0. The Labute approximate surface area is 157 Å². The summed E-state index contributed by atoms with van der Waals surface area (Å²) in [6, 6.07) is 6.24. The van der Waals surface area contributed by atoms with Gasteiger partial charge in [0.25, 0.3) is 0 Å². The fourth-order valence-corrected chi connectivity index (χ4v) is 2.75. The first kappa shape index (κ1) is 21.9. The summed E-state index contributed by atoms with van der Waals surface area (Å²) in [7, 11) is 0. The van der Waals surface area contributed by atoms with E-state index in [0.29, 0.717) is 12.1 Å². The third-order valence-electron chi connectivity index (χ3n) is 4.33. The van der Waals surface area contributed by atoms with Gasteiger partial charge in [0.05, 0.1) is 5.56 Å². The van der Waals surface area contributed by atoms with Gasteiger partial charge in [-0.25, -0.2) is 4.79 Å². The van der Waals surface area contributed by atoms with Gasteiger partial charge in [0.15, 0.2) is 0 Å². The first-order valence-corrected chi connectivity index (χ1v) is 9.91. The van der Waals surface area contributed by atoms with Crippen LogP contribution in [-0.2, 0) is 4.79 Å². The SMILES string of the molecule is CCCCC/C=C\CCCCCCCC(=O)Nc1ccc(C(=O)O)cc1.